The molecule has 9 rings (SSSR count). The SMILES string of the molecule is CC.CC.CC.CC.CC.CC1CCC(C2CCC(C)CC2)CC1.Cc1ccc(-c2ccc(C)cc2)cc1.Cc1ccc(C)cc1.Cc1ccc(C2CCC(C)CC2)cc1.Cc1ccc2cc(C)ccc2c1. The molecule has 0 saturated heterocycles. The Kier molecular flexibility index (Phi) is 38.5. The standard InChI is InChI=1S/C14H26.C14H20.C14H14.C12H12.C8H10.5C2H6/c3*1-11-3-7-13(8-4-11)14-9-5-12(2)6-10-14;1-9-3-5-12-8-10(2)4-6-11(12)7-9;1-7-3-5-8(2)6-4-7;5*1-2/h11-14H,3-10H2,1-2H3;3-4,7-8,12,14H,5-6,9-10H2,1-2H3;3-10H,1-2H3;3-8H,1-2H3;3-6H,1-2H3;5*1-2H3. The van der Waals surface area contributed by atoms with Crippen molar-refractivity contribution in [2.24, 2.45) is 29.6 Å². The second kappa shape index (κ2) is 41.0. The number of benzene rings is 6. The Labute approximate surface area is 448 Å². The topological polar surface area (TPSA) is 0 Å². The fourth-order valence-electron chi connectivity index (χ4n) is 9.56. The summed E-state index contributed by atoms with van der Waals surface area (Å²) in [6.07, 6.45) is 17.8. The lowest BCUT2D eigenvalue weighted by Gasteiger charge is -2.36. The number of hydrogen-bond donors (Lipinski definition) is 0. The second-order valence-corrected chi connectivity index (χ2v) is 20.1. The number of rotatable bonds is 3. The molecule has 0 atom stereocenters. The van der Waals surface area contributed by atoms with E-state index in [1.54, 1.807) is 31.2 Å². The first-order chi connectivity index (χ1) is 34.8. The van der Waals surface area contributed by atoms with Crippen LogP contribution < -0.4 is 0 Å². The van der Waals surface area contributed by atoms with Crippen LogP contribution in [0.3, 0.4) is 0 Å². The monoisotopic (exact) mass is 977 g/mol. The maximum atomic E-state index is 2.43. The van der Waals surface area contributed by atoms with Crippen molar-refractivity contribution in [3.8, 4) is 11.1 Å². The van der Waals surface area contributed by atoms with Crippen molar-refractivity contribution in [2.75, 3.05) is 0 Å². The first-order valence-electron chi connectivity index (χ1n) is 29.5. The summed E-state index contributed by atoms with van der Waals surface area (Å²) >= 11 is 0. The van der Waals surface area contributed by atoms with E-state index >= 15 is 0 Å². The highest BCUT2D eigenvalue weighted by molar-refractivity contribution is 5.83. The number of fused-ring (bicyclic) bond motifs is 1. The van der Waals surface area contributed by atoms with Crippen LogP contribution in [0.2, 0.25) is 0 Å². The van der Waals surface area contributed by atoms with E-state index in [1.807, 2.05) is 69.2 Å². The average molecular weight is 978 g/mol. The molecule has 0 spiro atoms. The summed E-state index contributed by atoms with van der Waals surface area (Å²) in [6.45, 7) is 42.1. The zero-order valence-corrected chi connectivity index (χ0v) is 50.7. The van der Waals surface area contributed by atoms with E-state index in [4.69, 9.17) is 0 Å². The van der Waals surface area contributed by atoms with Crippen molar-refractivity contribution >= 4 is 10.8 Å². The lowest BCUT2D eigenvalue weighted by molar-refractivity contribution is 0.155. The molecule has 0 aliphatic heterocycles. The summed E-state index contributed by atoms with van der Waals surface area (Å²) in [4.78, 5) is 0. The normalized spacial score (nSPS) is 19.3. The van der Waals surface area contributed by atoms with Crippen molar-refractivity contribution in [3.05, 3.63) is 178 Å². The van der Waals surface area contributed by atoms with Crippen molar-refractivity contribution in [1.82, 2.24) is 0 Å². The molecule has 0 heterocycles. The first-order valence-corrected chi connectivity index (χ1v) is 29.5. The van der Waals surface area contributed by atoms with Gasteiger partial charge in [-0.2, -0.15) is 0 Å². The zero-order chi connectivity index (χ0) is 54.4. The molecular formula is C72H112. The van der Waals surface area contributed by atoms with Crippen LogP contribution >= 0.6 is 0 Å². The van der Waals surface area contributed by atoms with E-state index in [0.717, 1.165) is 35.5 Å². The lowest BCUT2D eigenvalue weighted by atomic mass is 9.70. The Morgan fingerprint density at radius 3 is 0.750 bits per heavy atom. The highest BCUT2D eigenvalue weighted by atomic mass is 14.3. The molecule has 0 bridgehead atoms. The quantitative estimate of drug-likeness (QED) is 0.166. The predicted octanol–water partition coefficient (Wildman–Crippen LogP) is 23.8. The van der Waals surface area contributed by atoms with Crippen LogP contribution in [0.4, 0.5) is 0 Å². The maximum Gasteiger partial charge on any atom is -0.0162 e. The van der Waals surface area contributed by atoms with E-state index < -0.39 is 0 Å². The third-order valence-electron chi connectivity index (χ3n) is 14.2. The summed E-state index contributed by atoms with van der Waals surface area (Å²) < 4.78 is 0. The third-order valence-corrected chi connectivity index (χ3v) is 14.2. The van der Waals surface area contributed by atoms with Gasteiger partial charge in [-0.1, -0.05) is 301 Å². The lowest BCUT2D eigenvalue weighted by Crippen LogP contribution is -2.24. The molecule has 3 fully saturated rings. The van der Waals surface area contributed by atoms with Crippen molar-refractivity contribution < 1.29 is 0 Å². The summed E-state index contributed by atoms with van der Waals surface area (Å²) in [7, 11) is 0. The summed E-state index contributed by atoms with van der Waals surface area (Å²) in [5.74, 6) is 6.06. The molecule has 72 heavy (non-hydrogen) atoms. The van der Waals surface area contributed by atoms with Gasteiger partial charge < -0.3 is 0 Å². The van der Waals surface area contributed by atoms with Gasteiger partial charge in [-0.15, -0.1) is 0 Å². The van der Waals surface area contributed by atoms with Gasteiger partial charge in [-0.3, -0.25) is 0 Å². The van der Waals surface area contributed by atoms with Gasteiger partial charge in [0.25, 0.3) is 0 Å². The minimum Gasteiger partial charge on any atom is -0.0683 e. The molecule has 6 aromatic rings. The summed E-state index contributed by atoms with van der Waals surface area (Å²) in [5.41, 5.74) is 13.4. The number of hydrogen-bond acceptors (Lipinski definition) is 0. The van der Waals surface area contributed by atoms with Gasteiger partial charge in [0.15, 0.2) is 0 Å². The molecule has 0 nitrogen and oxygen atoms in total. The average Bonchev–Trinajstić information content (AvgIpc) is 3.42. The zero-order valence-electron chi connectivity index (χ0n) is 50.7. The molecule has 3 saturated carbocycles. The summed E-state index contributed by atoms with van der Waals surface area (Å²) in [6, 6.07) is 48.0. The van der Waals surface area contributed by atoms with Gasteiger partial charge in [-0.05, 0) is 150 Å². The van der Waals surface area contributed by atoms with Gasteiger partial charge in [0.1, 0.15) is 0 Å². The fraction of sp³-hybridized carbons (Fsp3) is 0.528. The van der Waals surface area contributed by atoms with Crippen LogP contribution in [-0.2, 0) is 0 Å². The van der Waals surface area contributed by atoms with Crippen LogP contribution in [-0.4, -0.2) is 0 Å². The largest absolute Gasteiger partial charge is 0.0683 e. The Morgan fingerprint density at radius 1 is 0.250 bits per heavy atom. The second-order valence-electron chi connectivity index (χ2n) is 20.1. The molecule has 0 amide bonds. The smallest absolute Gasteiger partial charge is 0.0162 e. The Bertz CT molecular complexity index is 2000. The van der Waals surface area contributed by atoms with Gasteiger partial charge in [0, 0.05) is 0 Å². The molecule has 6 aromatic carbocycles. The van der Waals surface area contributed by atoms with Gasteiger partial charge in [0.2, 0.25) is 0 Å². The highest BCUT2D eigenvalue weighted by Gasteiger charge is 2.28. The van der Waals surface area contributed by atoms with Crippen LogP contribution in [0.25, 0.3) is 21.9 Å². The minimum absolute atomic E-state index is 0.840. The molecule has 3 aliphatic carbocycles. The fourth-order valence-corrected chi connectivity index (χ4v) is 9.56. The van der Waals surface area contributed by atoms with Crippen molar-refractivity contribution in [2.45, 2.75) is 221 Å². The van der Waals surface area contributed by atoms with Crippen LogP contribution in [0.5, 0.6) is 0 Å². The van der Waals surface area contributed by atoms with E-state index in [2.05, 4.69) is 203 Å². The van der Waals surface area contributed by atoms with E-state index in [0.29, 0.717) is 0 Å². The highest BCUT2D eigenvalue weighted by Crippen LogP contribution is 2.41. The molecule has 0 aromatic heterocycles. The maximum absolute atomic E-state index is 2.43. The Balaban J connectivity index is 0.000000844. The van der Waals surface area contributed by atoms with E-state index in [-0.39, 0.29) is 0 Å². The van der Waals surface area contributed by atoms with Crippen molar-refractivity contribution in [1.29, 1.82) is 0 Å². The van der Waals surface area contributed by atoms with Crippen molar-refractivity contribution in [3.63, 3.8) is 0 Å². The van der Waals surface area contributed by atoms with E-state index in [9.17, 15) is 0 Å². The molecule has 0 N–H and O–H groups in total. The molecule has 400 valence electrons. The van der Waals surface area contributed by atoms with Crippen LogP contribution in [0, 0.1) is 78.1 Å². The minimum atomic E-state index is 0.840. The Morgan fingerprint density at radius 2 is 0.472 bits per heavy atom. The third kappa shape index (κ3) is 27.6. The van der Waals surface area contributed by atoms with Crippen LogP contribution in [0.15, 0.2) is 133 Å². The van der Waals surface area contributed by atoms with Crippen LogP contribution in [0.1, 0.15) is 217 Å². The summed E-state index contributed by atoms with van der Waals surface area (Å²) in [5, 5.41) is 2.67. The Hall–Kier alpha value is -4.42. The van der Waals surface area contributed by atoms with Gasteiger partial charge in [-0.25, -0.2) is 0 Å². The van der Waals surface area contributed by atoms with Gasteiger partial charge in [0.05, 0.1) is 0 Å². The predicted molar refractivity (Wildman–Crippen MR) is 331 cm³/mol. The molecule has 0 unspecified atom stereocenters. The molecule has 0 radical (unpaired) electrons. The molecular weight excluding hydrogens is 865 g/mol. The van der Waals surface area contributed by atoms with E-state index in [1.165, 1.54) is 112 Å². The van der Waals surface area contributed by atoms with Gasteiger partial charge >= 0.3 is 0 Å². The first kappa shape index (κ1) is 67.6. The molecule has 3 aliphatic rings. The molecule has 0 heteroatoms. The number of aryl methyl sites for hydroxylation is 7.